The minimum Gasteiger partial charge on any atom is -0.396 e. The molecule has 0 aromatic carbocycles. The average molecular weight is 209 g/mol. The largest absolute Gasteiger partial charge is 0.396 e. The van der Waals surface area contributed by atoms with Gasteiger partial charge in [0.25, 0.3) is 0 Å². The summed E-state index contributed by atoms with van der Waals surface area (Å²) in [6, 6.07) is 1.24. The van der Waals surface area contributed by atoms with Gasteiger partial charge in [0.05, 0.1) is 0 Å². The zero-order valence-corrected chi connectivity index (χ0v) is 9.65. The Morgan fingerprint density at radius 2 is 2.20 bits per heavy atom. The van der Waals surface area contributed by atoms with E-state index < -0.39 is 0 Å². The Balaban J connectivity index is 1.77. The van der Waals surface area contributed by atoms with E-state index in [1.54, 1.807) is 0 Å². The maximum atomic E-state index is 9.06. The van der Waals surface area contributed by atoms with E-state index in [0.29, 0.717) is 18.6 Å². The Kier molecular flexibility index (Phi) is 3.81. The van der Waals surface area contributed by atoms with Gasteiger partial charge in [-0.2, -0.15) is 0 Å². The van der Waals surface area contributed by atoms with Gasteiger partial charge < -0.3 is 10.4 Å². The van der Waals surface area contributed by atoms with Gasteiger partial charge in [0.15, 0.2) is 0 Å². The molecule has 0 saturated heterocycles. The second-order valence-corrected chi connectivity index (χ2v) is 5.07. The first kappa shape index (κ1) is 11.2. The molecule has 0 spiro atoms. The van der Waals surface area contributed by atoms with Gasteiger partial charge in [-0.3, -0.25) is 0 Å². The van der Waals surface area contributed by atoms with Crippen molar-refractivity contribution in [1.82, 2.24) is 5.32 Å². The summed E-state index contributed by atoms with van der Waals surface area (Å²) < 4.78 is 0. The summed E-state index contributed by atoms with van der Waals surface area (Å²) in [4.78, 5) is 0. The highest BCUT2D eigenvalue weighted by molar-refractivity contribution is 5.07. The molecule has 0 aromatic heterocycles. The predicted octanol–water partition coefficient (Wildman–Crippen LogP) is 2.09. The van der Waals surface area contributed by atoms with Crippen LogP contribution in [0.4, 0.5) is 0 Å². The van der Waals surface area contributed by atoms with Crippen LogP contribution in [0.2, 0.25) is 0 Å². The molecule has 3 atom stereocenters. The lowest BCUT2D eigenvalue weighted by molar-refractivity contribution is 0.243. The highest BCUT2D eigenvalue weighted by atomic mass is 16.3. The molecular formula is C13H23NO. The molecule has 0 aromatic rings. The van der Waals surface area contributed by atoms with Crippen LogP contribution in [-0.2, 0) is 0 Å². The summed E-state index contributed by atoms with van der Waals surface area (Å²) in [5, 5.41) is 12.8. The van der Waals surface area contributed by atoms with Gasteiger partial charge in [-0.05, 0) is 31.6 Å². The van der Waals surface area contributed by atoms with E-state index in [1.165, 1.54) is 25.7 Å². The van der Waals surface area contributed by atoms with Gasteiger partial charge in [-0.15, -0.1) is 0 Å². The standard InChI is InChI=1S/C13H23NO/c1-2-3-13(11-5-6-11)14-12-7-4-10(8-12)9-15/h4,7,10-15H,2-3,5-6,8-9H2,1H3/t10-,12+,13?/m0/s1. The Morgan fingerprint density at radius 3 is 2.73 bits per heavy atom. The van der Waals surface area contributed by atoms with Crippen molar-refractivity contribution in [2.24, 2.45) is 11.8 Å². The molecule has 2 heteroatoms. The average Bonchev–Trinajstić information content (AvgIpc) is 2.99. The molecule has 0 bridgehead atoms. The van der Waals surface area contributed by atoms with Gasteiger partial charge >= 0.3 is 0 Å². The molecule has 1 fully saturated rings. The molecule has 0 aliphatic heterocycles. The van der Waals surface area contributed by atoms with Crippen molar-refractivity contribution in [2.75, 3.05) is 6.61 Å². The first-order valence-electron chi connectivity index (χ1n) is 6.38. The van der Waals surface area contributed by atoms with Crippen molar-refractivity contribution >= 4 is 0 Å². The molecular weight excluding hydrogens is 186 g/mol. The van der Waals surface area contributed by atoms with Crippen LogP contribution in [0.15, 0.2) is 12.2 Å². The highest BCUT2D eigenvalue weighted by Gasteiger charge is 2.32. The maximum Gasteiger partial charge on any atom is 0.0494 e. The summed E-state index contributed by atoms with van der Waals surface area (Å²) in [7, 11) is 0. The fourth-order valence-electron chi connectivity index (χ4n) is 2.57. The number of aliphatic hydroxyl groups is 1. The van der Waals surface area contributed by atoms with E-state index in [1.807, 2.05) is 0 Å². The monoisotopic (exact) mass is 209 g/mol. The molecule has 0 heterocycles. The minimum absolute atomic E-state index is 0.302. The van der Waals surface area contributed by atoms with Gasteiger partial charge in [-0.25, -0.2) is 0 Å². The molecule has 15 heavy (non-hydrogen) atoms. The SMILES string of the molecule is CCCC(N[C@@H]1C=C[C@H](CO)C1)C1CC1. The van der Waals surface area contributed by atoms with Gasteiger partial charge in [0, 0.05) is 24.6 Å². The number of hydrogen-bond donors (Lipinski definition) is 2. The number of hydrogen-bond acceptors (Lipinski definition) is 2. The lowest BCUT2D eigenvalue weighted by atomic mass is 10.0. The summed E-state index contributed by atoms with van der Waals surface area (Å²) >= 11 is 0. The second-order valence-electron chi connectivity index (χ2n) is 5.07. The number of rotatable bonds is 6. The van der Waals surface area contributed by atoms with E-state index in [-0.39, 0.29) is 0 Å². The third-order valence-electron chi connectivity index (χ3n) is 3.63. The van der Waals surface area contributed by atoms with E-state index in [9.17, 15) is 0 Å². The van der Waals surface area contributed by atoms with Crippen molar-refractivity contribution in [3.05, 3.63) is 12.2 Å². The lowest BCUT2D eigenvalue weighted by Gasteiger charge is -2.22. The van der Waals surface area contributed by atoms with Crippen LogP contribution in [0.3, 0.4) is 0 Å². The Labute approximate surface area is 92.8 Å². The zero-order chi connectivity index (χ0) is 10.7. The third-order valence-corrected chi connectivity index (χ3v) is 3.63. The first-order chi connectivity index (χ1) is 7.33. The maximum absolute atomic E-state index is 9.06. The van der Waals surface area contributed by atoms with Crippen molar-refractivity contribution in [2.45, 2.75) is 51.1 Å². The first-order valence-corrected chi connectivity index (χ1v) is 6.38. The van der Waals surface area contributed by atoms with Crippen LogP contribution in [0.1, 0.15) is 39.0 Å². The normalized spacial score (nSPS) is 32.1. The van der Waals surface area contributed by atoms with Gasteiger partial charge in [-0.1, -0.05) is 25.5 Å². The summed E-state index contributed by atoms with van der Waals surface area (Å²) in [5.74, 6) is 1.33. The van der Waals surface area contributed by atoms with Crippen LogP contribution in [-0.4, -0.2) is 23.8 Å². The molecule has 2 nitrogen and oxygen atoms in total. The Hall–Kier alpha value is -0.340. The van der Waals surface area contributed by atoms with E-state index >= 15 is 0 Å². The van der Waals surface area contributed by atoms with Crippen molar-refractivity contribution in [1.29, 1.82) is 0 Å². The topological polar surface area (TPSA) is 32.3 Å². The highest BCUT2D eigenvalue weighted by Crippen LogP contribution is 2.35. The van der Waals surface area contributed by atoms with Crippen molar-refractivity contribution in [3.63, 3.8) is 0 Å². The molecule has 1 saturated carbocycles. The molecule has 0 amide bonds. The van der Waals surface area contributed by atoms with E-state index in [4.69, 9.17) is 5.11 Å². The van der Waals surface area contributed by atoms with Gasteiger partial charge in [0.1, 0.15) is 0 Å². The van der Waals surface area contributed by atoms with Crippen molar-refractivity contribution in [3.8, 4) is 0 Å². The van der Waals surface area contributed by atoms with E-state index in [0.717, 1.165) is 18.4 Å². The zero-order valence-electron chi connectivity index (χ0n) is 9.65. The lowest BCUT2D eigenvalue weighted by Crippen LogP contribution is -2.38. The fraction of sp³-hybridized carbons (Fsp3) is 0.846. The molecule has 86 valence electrons. The van der Waals surface area contributed by atoms with Crippen LogP contribution in [0.5, 0.6) is 0 Å². The smallest absolute Gasteiger partial charge is 0.0494 e. The Bertz CT molecular complexity index is 223. The summed E-state index contributed by atoms with van der Waals surface area (Å²) in [5.41, 5.74) is 0. The minimum atomic E-state index is 0.302. The van der Waals surface area contributed by atoms with Crippen molar-refractivity contribution < 1.29 is 5.11 Å². The summed E-state index contributed by atoms with van der Waals surface area (Å²) in [6.07, 6.45) is 10.9. The molecule has 2 N–H and O–H groups in total. The second kappa shape index (κ2) is 5.13. The molecule has 1 unspecified atom stereocenters. The van der Waals surface area contributed by atoms with Crippen LogP contribution >= 0.6 is 0 Å². The molecule has 2 rings (SSSR count). The summed E-state index contributed by atoms with van der Waals surface area (Å²) in [6.45, 7) is 2.56. The quantitative estimate of drug-likeness (QED) is 0.657. The van der Waals surface area contributed by atoms with Crippen LogP contribution < -0.4 is 5.32 Å². The molecule has 2 aliphatic carbocycles. The van der Waals surface area contributed by atoms with Crippen LogP contribution in [0, 0.1) is 11.8 Å². The number of nitrogens with one attached hydrogen (secondary N) is 1. The number of aliphatic hydroxyl groups excluding tert-OH is 1. The fourth-order valence-corrected chi connectivity index (χ4v) is 2.57. The molecule has 0 radical (unpaired) electrons. The third kappa shape index (κ3) is 3.05. The molecule has 2 aliphatic rings. The van der Waals surface area contributed by atoms with E-state index in [2.05, 4.69) is 24.4 Å². The predicted molar refractivity (Wildman–Crippen MR) is 62.7 cm³/mol. The van der Waals surface area contributed by atoms with Crippen LogP contribution in [0.25, 0.3) is 0 Å². The Morgan fingerprint density at radius 1 is 1.40 bits per heavy atom. The van der Waals surface area contributed by atoms with Gasteiger partial charge in [0.2, 0.25) is 0 Å².